The lowest BCUT2D eigenvalue weighted by molar-refractivity contribution is -0.149. The van der Waals surface area contributed by atoms with E-state index in [2.05, 4.69) is 30.4 Å². The minimum atomic E-state index is -5.31. The summed E-state index contributed by atoms with van der Waals surface area (Å²) in [6, 6.07) is 2.54. The summed E-state index contributed by atoms with van der Waals surface area (Å²) in [5.74, 6) is -4.58. The van der Waals surface area contributed by atoms with Crippen LogP contribution in [0.2, 0.25) is 0 Å². The van der Waals surface area contributed by atoms with Crippen molar-refractivity contribution in [2.45, 2.75) is 161 Å². The zero-order chi connectivity index (χ0) is 57.1. The zero-order valence-corrected chi connectivity index (χ0v) is 48.9. The monoisotopic (exact) mass is 1140 g/mol. The number of likely N-dealkylation sites (N-methyl/N-ethyl adjacent to an activating group) is 1. The Morgan fingerprint density at radius 1 is 1.03 bits per heavy atom. The zero-order valence-electron chi connectivity index (χ0n) is 45.6. The highest BCUT2D eigenvalue weighted by Gasteiger charge is 2.38. The second-order valence-corrected chi connectivity index (χ2v) is 25.6. The molecule has 2 aromatic rings. The van der Waals surface area contributed by atoms with Gasteiger partial charge >= 0.3 is 25.9 Å². The van der Waals surface area contributed by atoms with Gasteiger partial charge in [-0.2, -0.15) is 0 Å². The third-order valence-corrected chi connectivity index (χ3v) is 18.1. The first kappa shape index (κ1) is 65.7. The van der Waals surface area contributed by atoms with Crippen LogP contribution in [-0.4, -0.2) is 133 Å². The highest BCUT2D eigenvalue weighted by atomic mass is 33.1. The van der Waals surface area contributed by atoms with Crippen LogP contribution >= 0.6 is 40.7 Å². The number of hydrogen-bond acceptors (Lipinski definition) is 17. The molecular formula is C51H79N6O15PS3. The van der Waals surface area contributed by atoms with Crippen LogP contribution < -0.4 is 20.7 Å². The predicted octanol–water partition coefficient (Wildman–Crippen LogP) is 8.19. The summed E-state index contributed by atoms with van der Waals surface area (Å²) in [4.78, 5) is 131. The smallest absolute Gasteiger partial charge is 0.481 e. The molecule has 1 aliphatic heterocycles. The number of Topliss-reactive ketones (excluding diaryl/α,β-unsaturated/α-hetero) is 1. The Bertz CT molecular complexity index is 2370. The number of carbonyl (C=O) groups is 8. The van der Waals surface area contributed by atoms with E-state index in [1.807, 2.05) is 48.6 Å². The molecular weight excluding hydrogens is 1060 g/mol. The van der Waals surface area contributed by atoms with E-state index in [1.165, 1.54) is 37.4 Å². The minimum Gasteiger partial charge on any atom is -0.481 e. The predicted molar refractivity (Wildman–Crippen MR) is 293 cm³/mol. The number of benzene rings is 1. The maximum atomic E-state index is 14.4. The SMILES string of the molecule is CC[C@H](C)C(CC(=O)[C@H]1CCCCN1C)C(=O)N(C)[C@H](C[C@@H](OC(C)=O)c1nc(C(=O)N[C@@H](Cc2ccc(OC(=O)OP(=O)(O)O)c(NC(=O)CCCSSC(C)(C)CCC(=O)NC)c2)CC(C)C(=O)O)cs1)C(C)C. The van der Waals surface area contributed by atoms with Crippen molar-refractivity contribution in [1.82, 2.24) is 25.4 Å². The molecule has 426 valence electrons. The number of aromatic nitrogens is 1. The Kier molecular flexibility index (Phi) is 26.9. The average molecular weight is 1140 g/mol. The number of carbonyl (C=O) groups excluding carboxylic acids is 7. The Hall–Kier alpha value is -4.58. The fourth-order valence-electron chi connectivity index (χ4n) is 8.76. The van der Waals surface area contributed by atoms with Crippen molar-refractivity contribution in [3.8, 4) is 5.75 Å². The number of rotatable bonds is 31. The van der Waals surface area contributed by atoms with Gasteiger partial charge in [-0.05, 0) is 95.5 Å². The number of nitrogens with one attached hydrogen (secondary N) is 3. The van der Waals surface area contributed by atoms with E-state index in [1.54, 1.807) is 40.6 Å². The lowest BCUT2D eigenvalue weighted by Crippen LogP contribution is -2.48. The lowest BCUT2D eigenvalue weighted by Gasteiger charge is -2.37. The van der Waals surface area contributed by atoms with Crippen LogP contribution in [0.3, 0.4) is 0 Å². The molecule has 2 unspecified atom stereocenters. The van der Waals surface area contributed by atoms with Crippen LogP contribution in [0.4, 0.5) is 10.5 Å². The van der Waals surface area contributed by atoms with Gasteiger partial charge in [-0.15, -0.1) is 11.3 Å². The Morgan fingerprint density at radius 2 is 1.72 bits per heavy atom. The molecule has 25 heteroatoms. The molecule has 1 aromatic carbocycles. The first-order valence-corrected chi connectivity index (χ1v) is 30.3. The highest BCUT2D eigenvalue weighted by molar-refractivity contribution is 8.77. The summed E-state index contributed by atoms with van der Waals surface area (Å²) in [5.41, 5.74) is 0.291. The van der Waals surface area contributed by atoms with Crippen molar-refractivity contribution >= 4 is 93.9 Å². The molecule has 0 bridgehead atoms. The van der Waals surface area contributed by atoms with Gasteiger partial charge in [0.1, 0.15) is 10.7 Å². The normalized spacial score (nSPS) is 16.5. The number of likely N-dealkylation sites (tertiary alicyclic amines) is 1. The lowest BCUT2D eigenvalue weighted by atomic mass is 9.83. The van der Waals surface area contributed by atoms with Gasteiger partial charge in [0.25, 0.3) is 5.91 Å². The number of hydrogen-bond donors (Lipinski definition) is 6. The molecule has 1 fully saturated rings. The van der Waals surface area contributed by atoms with Crippen molar-refractivity contribution in [3.63, 3.8) is 0 Å². The molecule has 2 heterocycles. The number of thiazole rings is 1. The number of anilines is 1. The van der Waals surface area contributed by atoms with E-state index in [-0.39, 0.29) is 94.5 Å². The van der Waals surface area contributed by atoms with E-state index >= 15 is 0 Å². The van der Waals surface area contributed by atoms with Crippen molar-refractivity contribution in [2.24, 2.45) is 23.7 Å². The quantitative estimate of drug-likeness (QED) is 0.0136. The van der Waals surface area contributed by atoms with Crippen LogP contribution in [0, 0.1) is 23.7 Å². The summed E-state index contributed by atoms with van der Waals surface area (Å²) in [5, 5.41) is 19.8. The molecule has 1 aromatic heterocycles. The molecule has 4 amide bonds. The van der Waals surface area contributed by atoms with Crippen LogP contribution in [0.5, 0.6) is 5.75 Å². The summed E-state index contributed by atoms with van der Waals surface area (Å²) in [6.45, 7) is 15.4. The fraction of sp³-hybridized carbons (Fsp3) is 0.667. The van der Waals surface area contributed by atoms with E-state index in [0.717, 1.165) is 37.1 Å². The van der Waals surface area contributed by atoms with Crippen molar-refractivity contribution in [1.29, 1.82) is 0 Å². The van der Waals surface area contributed by atoms with Crippen LogP contribution in [0.15, 0.2) is 23.6 Å². The number of nitrogens with zero attached hydrogens (tertiary/aromatic N) is 3. The molecule has 6 N–H and O–H groups in total. The Balaban J connectivity index is 1.86. The number of piperidine rings is 1. The number of phosphoric acid groups is 1. The molecule has 1 aliphatic rings. The number of esters is 1. The number of ether oxygens (including phenoxy) is 2. The van der Waals surface area contributed by atoms with Crippen molar-refractivity contribution < 1.29 is 71.8 Å². The maximum Gasteiger partial charge on any atom is 0.529 e. The number of carboxylic acid groups (broad SMARTS) is 1. The standard InChI is InChI=1S/C51H79N6O15PS3/c1-12-31(4)36(27-41(59)39-16-13-14-22-56(39)10)48(63)57(11)40(30(2)3)28-43(70-33(6)58)47-55-38(29-74-47)46(62)53-35(24-32(5)49(64)65)25-34-18-19-42(71-50(66)72-73(67,68)69)37(26-34)54-45(61)17-15-23-75-76-51(7,8)21-20-44(60)52-9/h18-19,26,29-32,35-36,39-40,43H,12-17,20-25,27-28H2,1-11H3,(H,52,60)(H,53,62)(H,54,61)(H,64,65)(H2,67,68,69)/t31-,32?,35+,36?,39+,40+,43+/m0/s1. The third-order valence-electron chi connectivity index (χ3n) is 13.4. The van der Waals surface area contributed by atoms with Gasteiger partial charge in [0, 0.05) is 80.6 Å². The number of phosphoric ester groups is 1. The van der Waals surface area contributed by atoms with Gasteiger partial charge < -0.3 is 40.0 Å². The first-order valence-electron chi connectivity index (χ1n) is 25.6. The first-order chi connectivity index (χ1) is 35.5. The maximum absolute atomic E-state index is 14.4. The summed E-state index contributed by atoms with van der Waals surface area (Å²) in [7, 11) is 3.05. The van der Waals surface area contributed by atoms with Gasteiger partial charge in [-0.25, -0.2) is 14.3 Å². The number of amides is 4. The number of ketones is 1. The summed E-state index contributed by atoms with van der Waals surface area (Å²) in [6.07, 6.45) is 2.33. The molecule has 0 saturated carbocycles. The van der Waals surface area contributed by atoms with E-state index in [0.29, 0.717) is 37.0 Å². The van der Waals surface area contributed by atoms with Crippen molar-refractivity contribution in [2.75, 3.05) is 38.8 Å². The largest absolute Gasteiger partial charge is 0.529 e. The molecule has 0 aliphatic carbocycles. The van der Waals surface area contributed by atoms with Gasteiger partial charge in [0.05, 0.1) is 17.6 Å². The second kappa shape index (κ2) is 31.1. The Labute approximate surface area is 458 Å². The fourth-order valence-corrected chi connectivity index (χ4v) is 12.5. The topological polar surface area (TPSA) is 297 Å². The minimum absolute atomic E-state index is 0.0207. The van der Waals surface area contributed by atoms with Gasteiger partial charge in [0.2, 0.25) is 17.7 Å². The van der Waals surface area contributed by atoms with Gasteiger partial charge in [0.15, 0.2) is 17.6 Å². The van der Waals surface area contributed by atoms with Crippen LogP contribution in [0.25, 0.3) is 0 Å². The third kappa shape index (κ3) is 22.4. The summed E-state index contributed by atoms with van der Waals surface area (Å²) < 4.78 is 26.1. The molecule has 0 spiro atoms. The number of carboxylic acids is 1. The Morgan fingerprint density at radius 3 is 2.33 bits per heavy atom. The van der Waals surface area contributed by atoms with Gasteiger partial charge in [-0.3, -0.25) is 48.2 Å². The van der Waals surface area contributed by atoms with Gasteiger partial charge in [-0.1, -0.05) is 75.1 Å². The van der Waals surface area contributed by atoms with E-state index < -0.39 is 67.8 Å². The second-order valence-electron chi connectivity index (χ2n) is 20.4. The highest BCUT2D eigenvalue weighted by Crippen LogP contribution is 2.40. The molecule has 3 rings (SSSR count). The molecule has 1 saturated heterocycles. The van der Waals surface area contributed by atoms with E-state index in [9.17, 15) is 57.8 Å². The molecule has 0 radical (unpaired) electrons. The van der Waals surface area contributed by atoms with Crippen molar-refractivity contribution in [3.05, 3.63) is 39.8 Å². The molecule has 76 heavy (non-hydrogen) atoms. The van der Waals surface area contributed by atoms with Crippen LogP contribution in [0.1, 0.15) is 153 Å². The number of aliphatic carboxylic acids is 1. The average Bonchev–Trinajstić information content (AvgIpc) is 3.84. The van der Waals surface area contributed by atoms with Crippen LogP contribution in [-0.2, 0) is 49.0 Å². The summed E-state index contributed by atoms with van der Waals surface area (Å²) >= 11 is 1.07. The van der Waals surface area contributed by atoms with E-state index in [4.69, 9.17) is 9.47 Å². The molecule has 7 atom stereocenters. The molecule has 21 nitrogen and oxygen atoms in total.